The molecule has 0 aromatic heterocycles. The lowest BCUT2D eigenvalue weighted by Gasteiger charge is -2.00. The Kier molecular flexibility index (Phi) is 5.31. The second-order valence-electron chi connectivity index (χ2n) is 2.84. The minimum absolute atomic E-state index is 1.87. The first kappa shape index (κ1) is 18.4. The van der Waals surface area contributed by atoms with E-state index in [0.717, 1.165) is 0 Å². The van der Waals surface area contributed by atoms with Crippen LogP contribution >= 0.6 is 0 Å². The number of phenolic OH excluding ortho intramolecular Hbond substituents is 1. The van der Waals surface area contributed by atoms with Gasteiger partial charge in [0.2, 0.25) is 29.1 Å². The summed E-state index contributed by atoms with van der Waals surface area (Å²) < 4.78 is 118. The fraction of sp³-hybridized carbons (Fsp3) is 0.143. The van der Waals surface area contributed by atoms with Gasteiger partial charge in [-0.2, -0.15) is 30.4 Å². The number of hydrogen-bond acceptors (Lipinski definition) is 3. The third-order valence-corrected chi connectivity index (χ3v) is 2.06. The molecule has 0 bridgehead atoms. The molecule has 0 atom stereocenters. The highest BCUT2D eigenvalue weighted by Gasteiger charge is 2.44. The van der Waals surface area contributed by atoms with Gasteiger partial charge < -0.3 is 5.11 Å². The minimum atomic E-state index is -5.84. The summed E-state index contributed by atoms with van der Waals surface area (Å²) in [6.45, 7) is 0. The number of aromatic hydroxyl groups is 1. The van der Waals surface area contributed by atoms with E-state index in [9.17, 15) is 35.1 Å². The van der Waals surface area contributed by atoms with E-state index in [2.05, 4.69) is 0 Å². The molecular weight excluding hydrogens is 332 g/mol. The number of halogens is 8. The van der Waals surface area contributed by atoms with Gasteiger partial charge in [0.1, 0.15) is 0 Å². The van der Waals surface area contributed by atoms with Crippen molar-refractivity contribution in [2.24, 2.45) is 0 Å². The van der Waals surface area contributed by atoms with Crippen LogP contribution in [0.2, 0.25) is 0 Å². The van der Waals surface area contributed by atoms with Crippen molar-refractivity contribution in [2.45, 2.75) is 5.51 Å². The molecule has 1 aromatic carbocycles. The van der Waals surface area contributed by atoms with Crippen molar-refractivity contribution < 1.29 is 53.2 Å². The first-order valence-electron chi connectivity index (χ1n) is 3.96. The smallest absolute Gasteiger partial charge is 0.503 e. The minimum Gasteiger partial charge on any atom is -0.503 e. The zero-order valence-electron chi connectivity index (χ0n) is 8.64. The highest BCUT2D eigenvalue weighted by molar-refractivity contribution is 7.86. The van der Waals surface area contributed by atoms with Gasteiger partial charge in [-0.05, 0) is 0 Å². The van der Waals surface area contributed by atoms with Crippen LogP contribution in [0, 0.1) is 29.1 Å². The normalized spacial score (nSPS) is 11.8. The zero-order valence-corrected chi connectivity index (χ0v) is 9.46. The summed E-state index contributed by atoms with van der Waals surface area (Å²) >= 11 is 0. The Labute approximate surface area is 105 Å². The Morgan fingerprint density at radius 1 is 0.750 bits per heavy atom. The van der Waals surface area contributed by atoms with E-state index in [4.69, 9.17) is 18.1 Å². The Morgan fingerprint density at radius 2 is 0.950 bits per heavy atom. The maximum Gasteiger partial charge on any atom is 0.522 e. The number of phenols is 1. The van der Waals surface area contributed by atoms with Crippen LogP contribution in [0.3, 0.4) is 0 Å². The van der Waals surface area contributed by atoms with Gasteiger partial charge in [0.25, 0.3) is 0 Å². The fourth-order valence-electron chi connectivity index (χ4n) is 0.593. The standard InChI is InChI=1S/C6HF5O.CHF3O3S/c7-1-2(8)4(10)6(12)5(11)3(1)9;2-1(3,4)8(5,6)7/h12H;(H,5,6,7). The third-order valence-electron chi connectivity index (χ3n) is 1.48. The average molecular weight is 334 g/mol. The Bertz CT molecular complexity index is 503. The predicted octanol–water partition coefficient (Wildman–Crippen LogP) is 2.48. The van der Waals surface area contributed by atoms with Crippen LogP contribution in [0.25, 0.3) is 0 Å². The van der Waals surface area contributed by atoms with E-state index >= 15 is 0 Å². The van der Waals surface area contributed by atoms with Crippen LogP contribution in [0.4, 0.5) is 35.1 Å². The molecule has 0 amide bonds. The quantitative estimate of drug-likeness (QED) is 0.251. The number of rotatable bonds is 0. The fourth-order valence-corrected chi connectivity index (χ4v) is 0.593. The Morgan fingerprint density at radius 3 is 1.15 bits per heavy atom. The first-order chi connectivity index (χ1) is 8.71. The number of benzene rings is 1. The molecule has 0 unspecified atom stereocenters. The second-order valence-corrected chi connectivity index (χ2v) is 4.25. The molecule has 13 heteroatoms. The average Bonchev–Trinajstić information content (AvgIpc) is 2.30. The van der Waals surface area contributed by atoms with E-state index in [1.165, 1.54) is 0 Å². The lowest BCUT2D eigenvalue weighted by atomic mass is 10.3. The summed E-state index contributed by atoms with van der Waals surface area (Å²) in [5.41, 5.74) is -5.53. The molecule has 20 heavy (non-hydrogen) atoms. The van der Waals surface area contributed by atoms with Gasteiger partial charge in [0.15, 0.2) is 5.75 Å². The maximum absolute atomic E-state index is 12.2. The van der Waals surface area contributed by atoms with Gasteiger partial charge in [-0.25, -0.2) is 13.2 Å². The van der Waals surface area contributed by atoms with Gasteiger partial charge in [-0.3, -0.25) is 4.55 Å². The molecular formula is C7H2F8O4S. The molecule has 2 N–H and O–H groups in total. The first-order valence-corrected chi connectivity index (χ1v) is 5.40. The van der Waals surface area contributed by atoms with Crippen molar-refractivity contribution in [2.75, 3.05) is 0 Å². The molecule has 0 saturated carbocycles. The van der Waals surface area contributed by atoms with E-state index in [-0.39, 0.29) is 0 Å². The van der Waals surface area contributed by atoms with E-state index < -0.39 is 50.5 Å². The summed E-state index contributed by atoms with van der Waals surface area (Å²) in [6, 6.07) is 0. The molecule has 116 valence electrons. The van der Waals surface area contributed by atoms with Crippen molar-refractivity contribution in [3.05, 3.63) is 29.1 Å². The lowest BCUT2D eigenvalue weighted by Crippen LogP contribution is -2.21. The Balaban J connectivity index is 0.000000396. The van der Waals surface area contributed by atoms with Crippen LogP contribution in [-0.4, -0.2) is 23.6 Å². The van der Waals surface area contributed by atoms with E-state index in [0.29, 0.717) is 0 Å². The summed E-state index contributed by atoms with van der Waals surface area (Å²) in [5, 5.41) is 8.30. The van der Waals surface area contributed by atoms with Gasteiger partial charge in [0.05, 0.1) is 0 Å². The van der Waals surface area contributed by atoms with Gasteiger partial charge in [-0.1, -0.05) is 0 Å². The summed E-state index contributed by atoms with van der Waals surface area (Å²) in [7, 11) is -5.84. The number of alkyl halides is 3. The molecule has 0 heterocycles. The van der Waals surface area contributed by atoms with Crippen LogP contribution < -0.4 is 0 Å². The van der Waals surface area contributed by atoms with Crippen molar-refractivity contribution in [3.8, 4) is 5.75 Å². The molecule has 1 aromatic rings. The molecule has 4 nitrogen and oxygen atoms in total. The molecule has 0 aliphatic rings. The molecule has 0 spiro atoms. The van der Waals surface area contributed by atoms with Crippen LogP contribution in [0.5, 0.6) is 5.75 Å². The topological polar surface area (TPSA) is 74.6 Å². The van der Waals surface area contributed by atoms with Crippen LogP contribution in [0.15, 0.2) is 0 Å². The molecule has 0 aliphatic heterocycles. The van der Waals surface area contributed by atoms with Crippen molar-refractivity contribution in [1.29, 1.82) is 0 Å². The highest BCUT2D eigenvalue weighted by Crippen LogP contribution is 2.27. The van der Waals surface area contributed by atoms with Gasteiger partial charge >= 0.3 is 15.6 Å². The molecule has 0 saturated heterocycles. The van der Waals surface area contributed by atoms with Gasteiger partial charge in [-0.15, -0.1) is 0 Å². The van der Waals surface area contributed by atoms with Crippen molar-refractivity contribution in [3.63, 3.8) is 0 Å². The molecule has 0 radical (unpaired) electrons. The second kappa shape index (κ2) is 5.78. The van der Waals surface area contributed by atoms with Crippen LogP contribution in [0.1, 0.15) is 0 Å². The van der Waals surface area contributed by atoms with Gasteiger partial charge in [0, 0.05) is 0 Å². The van der Waals surface area contributed by atoms with E-state index in [1.54, 1.807) is 0 Å². The van der Waals surface area contributed by atoms with Crippen LogP contribution in [-0.2, 0) is 10.1 Å². The SMILES string of the molecule is O=S(=O)(O)C(F)(F)F.Oc1c(F)c(F)c(F)c(F)c1F. The largest absolute Gasteiger partial charge is 0.522 e. The zero-order chi connectivity index (χ0) is 16.5. The van der Waals surface area contributed by atoms with E-state index in [1.807, 2.05) is 0 Å². The number of hydrogen-bond donors (Lipinski definition) is 2. The summed E-state index contributed by atoms with van der Waals surface area (Å²) in [5.74, 6) is -12.9. The Hall–Kier alpha value is -1.63. The lowest BCUT2D eigenvalue weighted by molar-refractivity contribution is -0.0510. The monoisotopic (exact) mass is 334 g/mol. The highest BCUT2D eigenvalue weighted by atomic mass is 32.2. The van der Waals surface area contributed by atoms with Crippen molar-refractivity contribution in [1.82, 2.24) is 0 Å². The molecule has 0 aliphatic carbocycles. The maximum atomic E-state index is 12.2. The summed E-state index contributed by atoms with van der Waals surface area (Å²) in [4.78, 5) is 0. The summed E-state index contributed by atoms with van der Waals surface area (Å²) in [6.07, 6.45) is 0. The molecule has 0 fully saturated rings. The van der Waals surface area contributed by atoms with Crippen molar-refractivity contribution >= 4 is 10.1 Å². The third kappa shape index (κ3) is 3.93. The molecule has 1 rings (SSSR count). The predicted molar refractivity (Wildman–Crippen MR) is 45.5 cm³/mol.